The van der Waals surface area contributed by atoms with E-state index in [4.69, 9.17) is 0 Å². The van der Waals surface area contributed by atoms with Crippen molar-refractivity contribution in [2.45, 2.75) is 110 Å². The molecule has 2 nitrogen and oxygen atoms in total. The minimum Gasteiger partial charge on any atom is -0.310 e. The van der Waals surface area contributed by atoms with Gasteiger partial charge in [0.2, 0.25) is 0 Å². The van der Waals surface area contributed by atoms with Crippen LogP contribution in [0.5, 0.6) is 0 Å². The molecule has 0 fully saturated rings. The Morgan fingerprint density at radius 2 is 0.880 bits per heavy atom. The maximum atomic E-state index is 2.73. The van der Waals surface area contributed by atoms with Crippen molar-refractivity contribution in [3.05, 3.63) is 281 Å². The minimum atomic E-state index is -0.747. The van der Waals surface area contributed by atoms with Crippen LogP contribution in [0.2, 0.25) is 0 Å². The van der Waals surface area contributed by atoms with Crippen LogP contribution in [0.15, 0.2) is 237 Å². The molecule has 0 saturated carbocycles. The Hall–Kier alpha value is -8.18. The summed E-state index contributed by atoms with van der Waals surface area (Å²) < 4.78 is 2.66. The van der Waals surface area contributed by atoms with E-state index in [0.29, 0.717) is 0 Å². The average molecular weight is 1100 g/mol. The molecule has 0 saturated heterocycles. The molecule has 0 amide bonds. The van der Waals surface area contributed by atoms with Crippen molar-refractivity contribution in [3.63, 3.8) is 0 Å². The summed E-state index contributed by atoms with van der Waals surface area (Å²) in [6, 6.07) is 90.7. The number of anilines is 6. The van der Waals surface area contributed by atoms with E-state index in [9.17, 15) is 0 Å². The average Bonchev–Trinajstić information content (AvgIpc) is 1.63. The van der Waals surface area contributed by atoms with Crippen LogP contribution in [-0.2, 0) is 27.1 Å². The van der Waals surface area contributed by atoms with Crippen LogP contribution in [0.25, 0.3) is 32.3 Å². The molecule has 0 aliphatic carbocycles. The van der Waals surface area contributed by atoms with E-state index in [1.165, 1.54) is 110 Å². The van der Waals surface area contributed by atoms with Crippen molar-refractivity contribution in [2.75, 3.05) is 9.80 Å². The summed E-state index contributed by atoms with van der Waals surface area (Å²) in [5.41, 5.74) is 23.9. The van der Waals surface area contributed by atoms with E-state index in [1.54, 1.807) is 0 Å². The third-order valence-electron chi connectivity index (χ3n) is 17.8. The quantitative estimate of drug-likeness (QED) is 0.140. The first-order valence-electron chi connectivity index (χ1n) is 29.8. The molecule has 0 radical (unpaired) electrons. The van der Waals surface area contributed by atoms with Gasteiger partial charge in [0.1, 0.15) is 0 Å². The third-order valence-corrected chi connectivity index (χ3v) is 19.1. The maximum Gasteiger partial charge on any atom is 0.260 e. The van der Waals surface area contributed by atoms with Crippen LogP contribution in [0.4, 0.5) is 34.1 Å². The molecule has 2 aliphatic rings. The van der Waals surface area contributed by atoms with Gasteiger partial charge in [0.05, 0.1) is 16.8 Å². The lowest BCUT2D eigenvalue weighted by molar-refractivity contribution is 0.587. The lowest BCUT2D eigenvalue weighted by Crippen LogP contribution is -2.64. The minimum absolute atomic E-state index is 0.00401. The number of benzene rings is 10. The Bertz CT molecular complexity index is 4130. The number of para-hydroxylation sites is 2. The third kappa shape index (κ3) is 9.26. The molecule has 13 rings (SSSR count). The number of hydrogen-bond donors (Lipinski definition) is 0. The molecule has 11 aromatic rings. The van der Waals surface area contributed by atoms with Crippen LogP contribution in [0.3, 0.4) is 0 Å². The van der Waals surface area contributed by atoms with Gasteiger partial charge < -0.3 is 9.80 Å². The molecule has 410 valence electrons. The largest absolute Gasteiger partial charge is 0.310 e. The second-order valence-corrected chi connectivity index (χ2v) is 28.5. The summed E-state index contributed by atoms with van der Waals surface area (Å²) in [7, 11) is 0. The standard InChI is InChI=1S/C79H75BN2S/c1-75(2,3)55-38-33-52(34-39-55)54-37-45-69(64(47-54)53-35-40-56(41-36-53)76(4,5)6)82-70-50-60(78(10,11)12)49-67-72(70)80(74-73(82)65-48-59(77(7,8)9)42-46-71(65)83-74)68-44-43-63(81(61-29-21-15-22-30-61)62-31-23-16-24-32-62)51-66(68)79(67,57-25-17-13-18-26-57)58-27-19-14-20-28-58/h13-51H,1-12H3. The zero-order valence-electron chi connectivity index (χ0n) is 50.4. The molecular formula is C79H75BN2S. The summed E-state index contributed by atoms with van der Waals surface area (Å²) >= 11 is 1.98. The molecule has 10 aromatic carbocycles. The summed E-state index contributed by atoms with van der Waals surface area (Å²) in [5.74, 6) is 0. The second-order valence-electron chi connectivity index (χ2n) is 27.4. The van der Waals surface area contributed by atoms with Crippen molar-refractivity contribution in [3.8, 4) is 22.3 Å². The fraction of sp³-hybridized carbons (Fsp3) is 0.215. The van der Waals surface area contributed by atoms with E-state index < -0.39 is 5.41 Å². The normalized spacial score (nSPS) is 13.8. The van der Waals surface area contributed by atoms with E-state index in [1.807, 2.05) is 11.3 Å². The fourth-order valence-corrected chi connectivity index (χ4v) is 14.6. The molecule has 83 heavy (non-hydrogen) atoms. The molecule has 0 N–H and O–H groups in total. The first-order valence-corrected chi connectivity index (χ1v) is 30.6. The predicted octanol–water partition coefficient (Wildman–Crippen LogP) is 19.9. The van der Waals surface area contributed by atoms with E-state index in [0.717, 1.165) is 17.1 Å². The van der Waals surface area contributed by atoms with Gasteiger partial charge in [-0.2, -0.15) is 0 Å². The summed E-state index contributed by atoms with van der Waals surface area (Å²) in [5, 5.41) is 1.29. The van der Waals surface area contributed by atoms with Crippen molar-refractivity contribution in [2.24, 2.45) is 0 Å². The van der Waals surface area contributed by atoms with Crippen LogP contribution in [0, 0.1) is 0 Å². The monoisotopic (exact) mass is 1090 g/mol. The van der Waals surface area contributed by atoms with Gasteiger partial charge in [0, 0.05) is 43.2 Å². The first-order chi connectivity index (χ1) is 39.7. The SMILES string of the molecule is CC(C)(C)c1ccc(-c2ccc(N3c4cc(C(C)(C)C)cc5c4B(c4ccc(N(c6ccccc6)c6ccccc6)cc4C5(c4ccccc4)c4ccccc4)c4sc5ccc(C(C)(C)C)cc5c43)c(-c3ccc(C(C)(C)C)cc3)c2)cc1. The maximum absolute atomic E-state index is 2.73. The van der Waals surface area contributed by atoms with Crippen LogP contribution >= 0.6 is 11.3 Å². The predicted molar refractivity (Wildman–Crippen MR) is 360 cm³/mol. The lowest BCUT2D eigenvalue weighted by Gasteiger charge is -2.49. The zero-order chi connectivity index (χ0) is 57.8. The Morgan fingerprint density at radius 3 is 1.41 bits per heavy atom. The second kappa shape index (κ2) is 20.0. The van der Waals surface area contributed by atoms with Crippen LogP contribution in [-0.4, -0.2) is 6.71 Å². The smallest absolute Gasteiger partial charge is 0.260 e. The zero-order valence-corrected chi connectivity index (χ0v) is 51.2. The summed E-state index contributed by atoms with van der Waals surface area (Å²) in [6.45, 7) is 28.0. The molecule has 0 spiro atoms. The van der Waals surface area contributed by atoms with E-state index in [2.05, 4.69) is 329 Å². The Kier molecular flexibility index (Phi) is 13.1. The van der Waals surface area contributed by atoms with Gasteiger partial charge in [0.15, 0.2) is 0 Å². The Morgan fingerprint density at radius 1 is 0.386 bits per heavy atom. The molecular weight excluding hydrogens is 1020 g/mol. The number of rotatable bonds is 8. The van der Waals surface area contributed by atoms with Gasteiger partial charge in [-0.25, -0.2) is 0 Å². The summed E-state index contributed by atoms with van der Waals surface area (Å²) in [6.07, 6.45) is 0. The van der Waals surface area contributed by atoms with Crippen molar-refractivity contribution >= 4 is 78.0 Å². The van der Waals surface area contributed by atoms with Gasteiger partial charge >= 0.3 is 0 Å². The molecule has 0 unspecified atom stereocenters. The molecule has 1 aromatic heterocycles. The highest BCUT2D eigenvalue weighted by molar-refractivity contribution is 7.33. The van der Waals surface area contributed by atoms with Gasteiger partial charge in [0.25, 0.3) is 6.71 Å². The van der Waals surface area contributed by atoms with Gasteiger partial charge in [-0.1, -0.05) is 258 Å². The fourth-order valence-electron chi connectivity index (χ4n) is 13.3. The lowest BCUT2D eigenvalue weighted by atomic mass is 9.31. The van der Waals surface area contributed by atoms with Crippen molar-refractivity contribution < 1.29 is 0 Å². The molecule has 4 heteroatoms. The number of thiophene rings is 1. The van der Waals surface area contributed by atoms with Gasteiger partial charge in [-0.05, 0) is 155 Å². The van der Waals surface area contributed by atoms with Gasteiger partial charge in [-0.15, -0.1) is 11.3 Å². The highest BCUT2D eigenvalue weighted by Gasteiger charge is 2.53. The number of fused-ring (bicyclic) bond motifs is 6. The molecule has 0 atom stereocenters. The topological polar surface area (TPSA) is 6.48 Å². The number of nitrogens with zero attached hydrogens (tertiary/aromatic N) is 2. The highest BCUT2D eigenvalue weighted by atomic mass is 32.1. The molecule has 2 aliphatic heterocycles. The van der Waals surface area contributed by atoms with Crippen molar-refractivity contribution in [1.29, 1.82) is 0 Å². The molecule has 0 bridgehead atoms. The van der Waals surface area contributed by atoms with Crippen LogP contribution < -0.4 is 25.5 Å². The van der Waals surface area contributed by atoms with E-state index >= 15 is 0 Å². The highest BCUT2D eigenvalue weighted by Crippen LogP contribution is 2.55. The summed E-state index contributed by atoms with van der Waals surface area (Å²) in [4.78, 5) is 5.17. The van der Waals surface area contributed by atoms with Gasteiger partial charge in [-0.3, -0.25) is 0 Å². The molecule has 3 heterocycles. The van der Waals surface area contributed by atoms with E-state index in [-0.39, 0.29) is 28.4 Å². The Balaban J connectivity index is 1.18. The first kappa shape index (κ1) is 54.1. The number of hydrogen-bond acceptors (Lipinski definition) is 3. The van der Waals surface area contributed by atoms with Crippen molar-refractivity contribution in [1.82, 2.24) is 0 Å². The Labute approximate surface area is 498 Å². The van der Waals surface area contributed by atoms with Crippen LogP contribution in [0.1, 0.15) is 128 Å².